The Hall–Kier alpha value is -0.563. The van der Waals surface area contributed by atoms with Crippen LogP contribution in [-0.2, 0) is 10.8 Å². The SMILES string of the molecule is CC1CC2C(CC3CCCC3C2c2cc(C(C)(C)C)cc(C(C)(C)C)c2)C1[Si](C)(C1CCCCC1)C1C(C)C(C)C(C)C1C. The van der Waals surface area contributed by atoms with Crippen LogP contribution in [0.5, 0.6) is 0 Å². The van der Waals surface area contributed by atoms with Crippen LogP contribution in [0, 0.1) is 53.3 Å². The first-order chi connectivity index (χ1) is 20.5. The normalized spacial score (nSPS) is 43.1. The van der Waals surface area contributed by atoms with E-state index in [1.807, 2.05) is 0 Å². The first-order valence-electron chi connectivity index (χ1n) is 19.7. The Kier molecular flexibility index (Phi) is 8.97. The van der Waals surface area contributed by atoms with Crippen LogP contribution >= 0.6 is 0 Å². The third-order valence-corrected chi connectivity index (χ3v) is 23.4. The Morgan fingerprint density at radius 1 is 0.568 bits per heavy atom. The second-order valence-corrected chi connectivity index (χ2v) is 25.1. The molecule has 0 nitrogen and oxygen atoms in total. The highest BCUT2D eigenvalue weighted by atomic mass is 28.3. The van der Waals surface area contributed by atoms with Crippen LogP contribution in [0.2, 0.25) is 23.2 Å². The zero-order valence-electron chi connectivity index (χ0n) is 31.3. The third kappa shape index (κ3) is 5.46. The summed E-state index contributed by atoms with van der Waals surface area (Å²) >= 11 is 0. The number of rotatable bonds is 4. The van der Waals surface area contributed by atoms with Crippen molar-refractivity contribution in [2.45, 2.75) is 180 Å². The van der Waals surface area contributed by atoms with Gasteiger partial charge < -0.3 is 0 Å². The third-order valence-electron chi connectivity index (χ3n) is 16.1. The van der Waals surface area contributed by atoms with Gasteiger partial charge in [0, 0.05) is 0 Å². The molecule has 12 unspecified atom stereocenters. The first kappa shape index (κ1) is 33.3. The van der Waals surface area contributed by atoms with Crippen molar-refractivity contribution in [2.75, 3.05) is 0 Å². The quantitative estimate of drug-likeness (QED) is 0.295. The molecule has 248 valence electrons. The van der Waals surface area contributed by atoms with Gasteiger partial charge in [-0.1, -0.05) is 146 Å². The Balaban J connectivity index is 1.47. The van der Waals surface area contributed by atoms with Crippen LogP contribution in [0.3, 0.4) is 0 Å². The van der Waals surface area contributed by atoms with Crippen molar-refractivity contribution in [1.82, 2.24) is 0 Å². The Labute approximate surface area is 275 Å². The maximum atomic E-state index is 3.06. The van der Waals surface area contributed by atoms with Crippen LogP contribution in [-0.4, -0.2) is 8.07 Å². The summed E-state index contributed by atoms with van der Waals surface area (Å²) in [5.74, 6) is 9.14. The van der Waals surface area contributed by atoms with Gasteiger partial charge in [-0.3, -0.25) is 0 Å². The van der Waals surface area contributed by atoms with E-state index in [1.165, 1.54) is 44.9 Å². The number of fused-ring (bicyclic) bond motifs is 2. The van der Waals surface area contributed by atoms with E-state index in [4.69, 9.17) is 0 Å². The van der Waals surface area contributed by atoms with E-state index in [0.29, 0.717) is 0 Å². The Bertz CT molecular complexity index is 1110. The van der Waals surface area contributed by atoms with Gasteiger partial charge in [-0.25, -0.2) is 0 Å². The van der Waals surface area contributed by atoms with Gasteiger partial charge in [0.25, 0.3) is 0 Å². The molecule has 6 rings (SSSR count). The zero-order valence-corrected chi connectivity index (χ0v) is 32.3. The monoisotopic (exact) mass is 617 g/mol. The summed E-state index contributed by atoms with van der Waals surface area (Å²) in [6.45, 7) is 31.2. The van der Waals surface area contributed by atoms with Crippen LogP contribution in [0.1, 0.15) is 163 Å². The predicted octanol–water partition coefficient (Wildman–Crippen LogP) is 13.2. The lowest BCUT2D eigenvalue weighted by atomic mass is 9.61. The van der Waals surface area contributed by atoms with Gasteiger partial charge in [-0.2, -0.15) is 0 Å². The van der Waals surface area contributed by atoms with Crippen molar-refractivity contribution in [3.63, 3.8) is 0 Å². The highest BCUT2D eigenvalue weighted by Gasteiger charge is 2.64. The van der Waals surface area contributed by atoms with Crippen LogP contribution in [0.25, 0.3) is 0 Å². The van der Waals surface area contributed by atoms with Gasteiger partial charge in [0.05, 0.1) is 8.07 Å². The lowest BCUT2D eigenvalue weighted by Gasteiger charge is -2.55. The van der Waals surface area contributed by atoms with Crippen LogP contribution < -0.4 is 0 Å². The molecule has 1 heteroatoms. The van der Waals surface area contributed by atoms with Crippen molar-refractivity contribution in [1.29, 1.82) is 0 Å². The van der Waals surface area contributed by atoms with Crippen molar-refractivity contribution in [3.8, 4) is 0 Å². The first-order valence-corrected chi connectivity index (χ1v) is 22.4. The molecule has 44 heavy (non-hydrogen) atoms. The van der Waals surface area contributed by atoms with Crippen LogP contribution in [0.4, 0.5) is 0 Å². The van der Waals surface area contributed by atoms with Crippen molar-refractivity contribution in [2.24, 2.45) is 53.3 Å². The highest BCUT2D eigenvalue weighted by Crippen LogP contribution is 2.71. The summed E-state index contributed by atoms with van der Waals surface area (Å²) in [7, 11) is -1.62. The van der Waals surface area contributed by atoms with Gasteiger partial charge in [0.1, 0.15) is 0 Å². The average Bonchev–Trinajstić information content (AvgIpc) is 3.62. The summed E-state index contributed by atoms with van der Waals surface area (Å²) in [6, 6.07) is 8.05. The topological polar surface area (TPSA) is 0 Å². The predicted molar refractivity (Wildman–Crippen MR) is 195 cm³/mol. The molecule has 5 aliphatic carbocycles. The largest absolute Gasteiger partial charge is 0.0685 e. The fourth-order valence-corrected chi connectivity index (χ4v) is 22.4. The highest BCUT2D eigenvalue weighted by molar-refractivity contribution is 6.83. The lowest BCUT2D eigenvalue weighted by molar-refractivity contribution is 0.120. The second kappa shape index (κ2) is 11.8. The molecule has 1 aromatic rings. The summed E-state index contributed by atoms with van der Waals surface area (Å²) in [4.78, 5) is 0. The van der Waals surface area contributed by atoms with Gasteiger partial charge >= 0.3 is 0 Å². The number of hydrogen-bond acceptors (Lipinski definition) is 0. The van der Waals surface area contributed by atoms with E-state index >= 15 is 0 Å². The van der Waals surface area contributed by atoms with Gasteiger partial charge in [-0.05, 0) is 123 Å². The lowest BCUT2D eigenvalue weighted by Crippen LogP contribution is -2.53. The van der Waals surface area contributed by atoms with Crippen molar-refractivity contribution >= 4 is 8.07 Å². The van der Waals surface area contributed by atoms with Gasteiger partial charge in [-0.15, -0.1) is 0 Å². The molecule has 0 heterocycles. The summed E-state index contributed by atoms with van der Waals surface area (Å²) in [6.07, 6.45) is 15.3. The Morgan fingerprint density at radius 2 is 1.14 bits per heavy atom. The van der Waals surface area contributed by atoms with Crippen molar-refractivity contribution in [3.05, 3.63) is 34.9 Å². The van der Waals surface area contributed by atoms with E-state index < -0.39 is 8.07 Å². The van der Waals surface area contributed by atoms with Crippen LogP contribution in [0.15, 0.2) is 18.2 Å². The molecule has 5 aliphatic rings. The molecule has 0 amide bonds. The smallest absolute Gasteiger partial charge is 0.0609 e. The van der Waals surface area contributed by atoms with Gasteiger partial charge in [0.15, 0.2) is 0 Å². The molecule has 12 atom stereocenters. The Morgan fingerprint density at radius 3 is 1.68 bits per heavy atom. The minimum atomic E-state index is -1.62. The summed E-state index contributed by atoms with van der Waals surface area (Å²) in [5, 5.41) is 0. The standard InChI is InChI=1S/C43H72Si/c1-26-21-37-38(40(26)44(12,35-18-14-13-15-19-35)41-29(4)27(2)28(3)30(41)5)24-31-17-16-20-36(31)39(37)32-22-33(42(6,7)8)25-34(23-32)43(9,10)11/h22-23,25-31,35-41H,13-21,24H2,1-12H3. The maximum absolute atomic E-state index is 3.06. The minimum absolute atomic E-state index is 0.194. The van der Waals surface area contributed by atoms with Gasteiger partial charge in [0.2, 0.25) is 0 Å². The molecular weight excluding hydrogens is 545 g/mol. The van der Waals surface area contributed by atoms with E-state index in [2.05, 4.69) is 101 Å². The molecule has 0 aromatic heterocycles. The molecule has 1 aromatic carbocycles. The number of hydrogen-bond donors (Lipinski definition) is 0. The number of benzene rings is 1. The van der Waals surface area contributed by atoms with Crippen molar-refractivity contribution < 1.29 is 0 Å². The molecule has 5 fully saturated rings. The maximum Gasteiger partial charge on any atom is 0.0609 e. The molecule has 0 bridgehead atoms. The molecule has 0 N–H and O–H groups in total. The summed E-state index contributed by atoms with van der Waals surface area (Å²) < 4.78 is 0. The summed E-state index contributed by atoms with van der Waals surface area (Å²) in [5.41, 5.74) is 8.45. The molecule has 0 radical (unpaired) electrons. The van der Waals surface area contributed by atoms with E-state index in [-0.39, 0.29) is 10.8 Å². The fraction of sp³-hybridized carbons (Fsp3) is 0.860. The van der Waals surface area contributed by atoms with E-state index in [0.717, 1.165) is 75.8 Å². The fourth-order valence-electron chi connectivity index (χ4n) is 13.7. The minimum Gasteiger partial charge on any atom is -0.0685 e. The molecule has 0 aliphatic heterocycles. The zero-order chi connectivity index (χ0) is 31.9. The molecular formula is C43H72Si. The molecule has 0 saturated heterocycles. The van der Waals surface area contributed by atoms with E-state index in [1.54, 1.807) is 36.0 Å². The second-order valence-electron chi connectivity index (χ2n) is 20.2. The van der Waals surface area contributed by atoms with E-state index in [9.17, 15) is 0 Å². The average molecular weight is 617 g/mol. The molecule has 5 saturated carbocycles. The molecule has 0 spiro atoms.